The molecule has 0 radical (unpaired) electrons. The lowest BCUT2D eigenvalue weighted by Crippen LogP contribution is -2.13. The lowest BCUT2D eigenvalue weighted by Gasteiger charge is -1.96. The van der Waals surface area contributed by atoms with Crippen molar-refractivity contribution in [2.45, 2.75) is 0 Å². The maximum atomic E-state index is 10.9. The normalized spacial score (nSPS) is 9.71. The van der Waals surface area contributed by atoms with Gasteiger partial charge >= 0.3 is 5.97 Å². The molecular weight excluding hydrogens is 208 g/mol. The molecule has 0 aliphatic rings. The Labute approximate surface area is 81.4 Å². The van der Waals surface area contributed by atoms with Gasteiger partial charge in [-0.25, -0.2) is 4.79 Å². The smallest absolute Gasteiger partial charge is 0.353 e. The van der Waals surface area contributed by atoms with Crippen molar-refractivity contribution in [1.82, 2.24) is 9.38 Å². The van der Waals surface area contributed by atoms with E-state index >= 15 is 0 Å². The van der Waals surface area contributed by atoms with Crippen LogP contribution in [0.4, 0.5) is 0 Å². The van der Waals surface area contributed by atoms with Gasteiger partial charge in [0.15, 0.2) is 4.96 Å². The van der Waals surface area contributed by atoms with Crippen LogP contribution < -0.4 is 5.56 Å². The van der Waals surface area contributed by atoms with E-state index in [0.29, 0.717) is 4.96 Å². The first-order chi connectivity index (χ1) is 6.18. The van der Waals surface area contributed by atoms with Gasteiger partial charge in [0.2, 0.25) is 0 Å². The van der Waals surface area contributed by atoms with Crippen LogP contribution in [0.2, 0.25) is 0 Å². The first kappa shape index (κ1) is 10.4. The van der Waals surface area contributed by atoms with Crippen LogP contribution in [0.5, 0.6) is 0 Å². The van der Waals surface area contributed by atoms with Crippen molar-refractivity contribution in [1.29, 1.82) is 0 Å². The van der Waals surface area contributed by atoms with Gasteiger partial charge in [-0.05, 0) is 0 Å². The molecule has 0 saturated heterocycles. The number of carboxylic acids is 1. The molecule has 0 atom stereocenters. The van der Waals surface area contributed by atoms with Crippen LogP contribution in [0.25, 0.3) is 4.96 Å². The molecule has 2 aromatic rings. The molecule has 3 N–H and O–H groups in total. The highest BCUT2D eigenvalue weighted by molar-refractivity contribution is 7.15. The summed E-state index contributed by atoms with van der Waals surface area (Å²) in [5.74, 6) is -1.13. The Hall–Kier alpha value is -1.73. The summed E-state index contributed by atoms with van der Waals surface area (Å²) < 4.78 is 1.37. The Morgan fingerprint density at radius 1 is 1.57 bits per heavy atom. The summed E-state index contributed by atoms with van der Waals surface area (Å²) in [5, 5.41) is 10.4. The minimum Gasteiger partial charge on any atom is -0.477 e. The molecular formula is C7H6N2O4S. The predicted molar refractivity (Wildman–Crippen MR) is 49.9 cm³/mol. The van der Waals surface area contributed by atoms with E-state index in [1.807, 2.05) is 0 Å². The molecule has 0 aliphatic carbocycles. The number of aromatic nitrogens is 2. The van der Waals surface area contributed by atoms with Gasteiger partial charge in [0, 0.05) is 17.6 Å². The summed E-state index contributed by atoms with van der Waals surface area (Å²) >= 11 is 1.22. The van der Waals surface area contributed by atoms with Crippen molar-refractivity contribution < 1.29 is 15.4 Å². The van der Waals surface area contributed by atoms with Gasteiger partial charge < -0.3 is 10.6 Å². The molecule has 0 bridgehead atoms. The molecule has 2 heterocycles. The van der Waals surface area contributed by atoms with E-state index in [1.165, 1.54) is 15.7 Å². The molecule has 0 amide bonds. The highest BCUT2D eigenvalue weighted by atomic mass is 32.1. The van der Waals surface area contributed by atoms with Crippen molar-refractivity contribution in [2.75, 3.05) is 0 Å². The van der Waals surface area contributed by atoms with Crippen molar-refractivity contribution in [3.05, 3.63) is 33.7 Å². The number of aromatic carboxylic acids is 1. The predicted octanol–water partition coefficient (Wildman–Crippen LogP) is -0.371. The van der Waals surface area contributed by atoms with Gasteiger partial charge in [0.05, 0.1) is 0 Å². The number of hydrogen-bond acceptors (Lipinski definition) is 4. The lowest BCUT2D eigenvalue weighted by molar-refractivity contribution is 0.0688. The third-order valence-corrected chi connectivity index (χ3v) is 2.29. The second-order valence-corrected chi connectivity index (χ2v) is 3.21. The van der Waals surface area contributed by atoms with Crippen molar-refractivity contribution in [2.24, 2.45) is 0 Å². The van der Waals surface area contributed by atoms with E-state index in [2.05, 4.69) is 4.98 Å². The molecule has 2 aromatic heterocycles. The van der Waals surface area contributed by atoms with Crippen LogP contribution in [-0.4, -0.2) is 25.9 Å². The summed E-state index contributed by atoms with van der Waals surface area (Å²) in [5.41, 5.74) is -0.587. The molecule has 6 nitrogen and oxygen atoms in total. The molecule has 0 fully saturated rings. The Kier molecular flexibility index (Phi) is 2.63. The fourth-order valence-corrected chi connectivity index (χ4v) is 1.73. The number of thiazole rings is 1. The third kappa shape index (κ3) is 1.50. The zero-order chi connectivity index (χ0) is 9.42. The van der Waals surface area contributed by atoms with Gasteiger partial charge in [-0.2, -0.15) is 4.98 Å². The summed E-state index contributed by atoms with van der Waals surface area (Å²) in [4.78, 5) is 25.6. The van der Waals surface area contributed by atoms with Crippen molar-refractivity contribution in [3.63, 3.8) is 0 Å². The maximum absolute atomic E-state index is 10.9. The first-order valence-electron chi connectivity index (χ1n) is 3.38. The number of rotatable bonds is 1. The van der Waals surface area contributed by atoms with E-state index in [-0.39, 0.29) is 11.2 Å². The Balaban J connectivity index is 0.000000980. The summed E-state index contributed by atoms with van der Waals surface area (Å²) in [6.07, 6.45) is 1.57. The standard InChI is InChI=1S/C7H4N2O3S.H2O/c10-5-3-4(6(11)12)9-1-2-13-7(9)8-5;/h1-3H,(H,11,12);1H2. The van der Waals surface area contributed by atoms with Crippen LogP contribution in [0.3, 0.4) is 0 Å². The Bertz CT molecular complexity index is 530. The maximum Gasteiger partial charge on any atom is 0.353 e. The first-order valence-corrected chi connectivity index (χ1v) is 4.26. The molecule has 0 unspecified atom stereocenters. The average molecular weight is 214 g/mol. The van der Waals surface area contributed by atoms with Gasteiger partial charge in [-0.1, -0.05) is 0 Å². The average Bonchev–Trinajstić information content (AvgIpc) is 2.49. The number of carboxylic acid groups (broad SMARTS) is 1. The molecule has 0 saturated carbocycles. The van der Waals surface area contributed by atoms with Crippen molar-refractivity contribution >= 4 is 22.3 Å². The van der Waals surface area contributed by atoms with Crippen LogP contribution in [0.15, 0.2) is 22.4 Å². The molecule has 0 aromatic carbocycles. The van der Waals surface area contributed by atoms with Gasteiger partial charge in [0.1, 0.15) is 5.69 Å². The van der Waals surface area contributed by atoms with E-state index in [9.17, 15) is 9.59 Å². The molecule has 14 heavy (non-hydrogen) atoms. The molecule has 0 aliphatic heterocycles. The van der Waals surface area contributed by atoms with Crippen LogP contribution >= 0.6 is 11.3 Å². The highest BCUT2D eigenvalue weighted by Crippen LogP contribution is 2.08. The quantitative estimate of drug-likeness (QED) is 0.699. The Morgan fingerprint density at radius 2 is 2.29 bits per heavy atom. The third-order valence-electron chi connectivity index (χ3n) is 1.53. The van der Waals surface area contributed by atoms with E-state index in [1.54, 1.807) is 11.6 Å². The van der Waals surface area contributed by atoms with Crippen molar-refractivity contribution in [3.8, 4) is 0 Å². The SMILES string of the molecule is O.O=C(O)c1cc(=O)nc2sccn12. The van der Waals surface area contributed by atoms with E-state index in [4.69, 9.17) is 5.11 Å². The number of carbonyl (C=O) groups is 1. The topological polar surface area (TPSA) is 103 Å². The van der Waals surface area contributed by atoms with Gasteiger partial charge in [0.25, 0.3) is 5.56 Å². The highest BCUT2D eigenvalue weighted by Gasteiger charge is 2.09. The minimum absolute atomic E-state index is 0. The van der Waals surface area contributed by atoms with E-state index in [0.717, 1.165) is 6.07 Å². The minimum atomic E-state index is -1.13. The number of hydrogen-bond donors (Lipinski definition) is 1. The monoisotopic (exact) mass is 214 g/mol. The molecule has 0 spiro atoms. The fourth-order valence-electron chi connectivity index (χ4n) is 1.01. The van der Waals surface area contributed by atoms with Gasteiger partial charge in [-0.15, -0.1) is 11.3 Å². The van der Waals surface area contributed by atoms with Crippen LogP contribution in [-0.2, 0) is 0 Å². The lowest BCUT2D eigenvalue weighted by atomic mass is 10.4. The Morgan fingerprint density at radius 3 is 2.93 bits per heavy atom. The van der Waals surface area contributed by atoms with Crippen LogP contribution in [0.1, 0.15) is 10.5 Å². The number of fused-ring (bicyclic) bond motifs is 1. The summed E-state index contributed by atoms with van der Waals surface area (Å²) in [7, 11) is 0. The summed E-state index contributed by atoms with van der Waals surface area (Å²) in [6.45, 7) is 0. The molecule has 2 rings (SSSR count). The molecule has 7 heteroatoms. The zero-order valence-corrected chi connectivity index (χ0v) is 7.61. The largest absolute Gasteiger partial charge is 0.477 e. The second kappa shape index (κ2) is 3.56. The summed E-state index contributed by atoms with van der Waals surface area (Å²) in [6, 6.07) is 1.00. The second-order valence-electron chi connectivity index (χ2n) is 2.34. The zero-order valence-electron chi connectivity index (χ0n) is 6.80. The van der Waals surface area contributed by atoms with Gasteiger partial charge in [-0.3, -0.25) is 9.20 Å². The molecule has 74 valence electrons. The van der Waals surface area contributed by atoms with Crippen LogP contribution in [0, 0.1) is 0 Å². The van der Waals surface area contributed by atoms with E-state index < -0.39 is 11.5 Å². The number of nitrogens with zero attached hydrogens (tertiary/aromatic N) is 2. The fraction of sp³-hybridized carbons (Fsp3) is 0.